The lowest BCUT2D eigenvalue weighted by molar-refractivity contribution is 0.582. The molecule has 6 N–H and O–H groups in total. The van der Waals surface area contributed by atoms with E-state index in [0.717, 1.165) is 5.56 Å². The molecule has 18 heavy (non-hydrogen) atoms. The molecule has 0 amide bonds. The Morgan fingerprint density at radius 1 is 1.00 bits per heavy atom. The number of guanidine groups is 2. The number of nitrogens with two attached hydrogens (primary N) is 3. The van der Waals surface area contributed by atoms with E-state index < -0.39 is 0 Å². The summed E-state index contributed by atoms with van der Waals surface area (Å²) in [6.07, 6.45) is 1.59. The summed E-state index contributed by atoms with van der Waals surface area (Å²) in [5.41, 5.74) is 17.5. The van der Waals surface area contributed by atoms with Crippen molar-refractivity contribution in [3.63, 3.8) is 0 Å². The summed E-state index contributed by atoms with van der Waals surface area (Å²) < 4.78 is 5.33. The van der Waals surface area contributed by atoms with Gasteiger partial charge in [0.15, 0.2) is 5.96 Å². The fraction of sp³-hybridized carbons (Fsp3) is 0. The van der Waals surface area contributed by atoms with Crippen LogP contribution in [0.5, 0.6) is 0 Å². The summed E-state index contributed by atoms with van der Waals surface area (Å²) >= 11 is 0. The zero-order chi connectivity index (χ0) is 13.0. The molecule has 0 aliphatic heterocycles. The number of aliphatic imine (C=N–C) groups is 2. The Hall–Kier alpha value is -2.76. The van der Waals surface area contributed by atoms with Crippen LogP contribution in [0.1, 0.15) is 0 Å². The molecule has 1 aromatic heterocycles. The van der Waals surface area contributed by atoms with Crippen molar-refractivity contribution in [2.24, 2.45) is 27.2 Å². The molecule has 0 unspecified atom stereocenters. The van der Waals surface area contributed by atoms with Gasteiger partial charge in [0, 0.05) is 5.56 Å². The zero-order valence-electron chi connectivity index (χ0n) is 9.58. The molecule has 92 valence electrons. The molecule has 0 spiro atoms. The standard InChI is InChI=1S/C12H13N5O/c13-11(14)17-12(15)16-9-5-2-1-4-8(9)10-6-3-7-18-10/h1-7H,(H6,13,14,15,16,17). The smallest absolute Gasteiger partial charge is 0.223 e. The van der Waals surface area contributed by atoms with Gasteiger partial charge in [0.05, 0.1) is 12.0 Å². The maximum Gasteiger partial charge on any atom is 0.223 e. The van der Waals surface area contributed by atoms with Crippen LogP contribution in [0.4, 0.5) is 5.69 Å². The van der Waals surface area contributed by atoms with Gasteiger partial charge in [-0.05, 0) is 24.3 Å². The summed E-state index contributed by atoms with van der Waals surface area (Å²) in [6.45, 7) is 0. The van der Waals surface area contributed by atoms with E-state index in [-0.39, 0.29) is 11.9 Å². The van der Waals surface area contributed by atoms with E-state index in [1.165, 1.54) is 0 Å². The van der Waals surface area contributed by atoms with E-state index in [4.69, 9.17) is 21.6 Å². The van der Waals surface area contributed by atoms with Gasteiger partial charge in [-0.25, -0.2) is 4.99 Å². The summed E-state index contributed by atoms with van der Waals surface area (Å²) in [4.78, 5) is 7.81. The Morgan fingerprint density at radius 2 is 1.78 bits per heavy atom. The van der Waals surface area contributed by atoms with Crippen molar-refractivity contribution in [3.05, 3.63) is 42.7 Å². The Balaban J connectivity index is 2.43. The third-order valence-electron chi connectivity index (χ3n) is 2.17. The van der Waals surface area contributed by atoms with E-state index in [2.05, 4.69) is 9.98 Å². The quantitative estimate of drug-likeness (QED) is 0.542. The van der Waals surface area contributed by atoms with Crippen LogP contribution >= 0.6 is 0 Å². The number of hydrogen-bond acceptors (Lipinski definition) is 2. The van der Waals surface area contributed by atoms with Gasteiger partial charge in [0.2, 0.25) is 5.96 Å². The van der Waals surface area contributed by atoms with Crippen molar-refractivity contribution in [1.82, 2.24) is 0 Å². The van der Waals surface area contributed by atoms with E-state index in [9.17, 15) is 0 Å². The minimum atomic E-state index is -0.133. The third-order valence-corrected chi connectivity index (χ3v) is 2.17. The lowest BCUT2D eigenvalue weighted by Gasteiger charge is -2.02. The fourth-order valence-corrected chi connectivity index (χ4v) is 1.49. The molecule has 0 bridgehead atoms. The van der Waals surface area contributed by atoms with Gasteiger partial charge in [0.1, 0.15) is 5.76 Å². The molecule has 6 nitrogen and oxygen atoms in total. The lowest BCUT2D eigenvalue weighted by atomic mass is 10.1. The second kappa shape index (κ2) is 5.05. The van der Waals surface area contributed by atoms with Crippen molar-refractivity contribution >= 4 is 17.6 Å². The number of para-hydroxylation sites is 1. The van der Waals surface area contributed by atoms with E-state index >= 15 is 0 Å². The molecule has 0 saturated heterocycles. The maximum atomic E-state index is 5.60. The molecular weight excluding hydrogens is 230 g/mol. The van der Waals surface area contributed by atoms with Crippen molar-refractivity contribution in [2.45, 2.75) is 0 Å². The second-order valence-electron chi connectivity index (χ2n) is 3.50. The Bertz CT molecular complexity index is 582. The van der Waals surface area contributed by atoms with Gasteiger partial charge in [-0.15, -0.1) is 0 Å². The number of benzene rings is 1. The minimum Gasteiger partial charge on any atom is -0.464 e. The van der Waals surface area contributed by atoms with Gasteiger partial charge in [-0.2, -0.15) is 4.99 Å². The molecule has 2 aromatic rings. The van der Waals surface area contributed by atoms with Crippen LogP contribution in [0.3, 0.4) is 0 Å². The first-order chi connectivity index (χ1) is 8.66. The SMILES string of the molecule is NC(N)=NC(N)=Nc1ccccc1-c1ccco1. The highest BCUT2D eigenvalue weighted by atomic mass is 16.3. The first kappa shape index (κ1) is 11.7. The monoisotopic (exact) mass is 243 g/mol. The summed E-state index contributed by atoms with van der Waals surface area (Å²) in [7, 11) is 0. The molecule has 6 heteroatoms. The van der Waals surface area contributed by atoms with E-state index in [0.29, 0.717) is 11.4 Å². The predicted octanol–water partition coefficient (Wildman–Crippen LogP) is 1.17. The molecule has 0 aliphatic rings. The van der Waals surface area contributed by atoms with Gasteiger partial charge >= 0.3 is 0 Å². The number of hydrogen-bond donors (Lipinski definition) is 3. The normalized spacial score (nSPS) is 11.2. The maximum absolute atomic E-state index is 5.60. The number of rotatable bonds is 2. The van der Waals surface area contributed by atoms with Gasteiger partial charge < -0.3 is 21.6 Å². The molecule has 0 aliphatic carbocycles. The number of nitrogens with zero attached hydrogens (tertiary/aromatic N) is 2. The fourth-order valence-electron chi connectivity index (χ4n) is 1.49. The molecule has 1 heterocycles. The second-order valence-corrected chi connectivity index (χ2v) is 3.50. The third kappa shape index (κ3) is 2.67. The molecular formula is C12H13N5O. The number of furan rings is 1. The first-order valence-electron chi connectivity index (χ1n) is 5.23. The molecule has 0 atom stereocenters. The van der Waals surface area contributed by atoms with Crippen LogP contribution in [0.2, 0.25) is 0 Å². The minimum absolute atomic E-state index is 0.00555. The Kier molecular flexibility index (Phi) is 3.29. The van der Waals surface area contributed by atoms with Crippen LogP contribution in [0, 0.1) is 0 Å². The zero-order valence-corrected chi connectivity index (χ0v) is 9.58. The van der Waals surface area contributed by atoms with Crippen LogP contribution < -0.4 is 17.2 Å². The molecule has 1 aromatic carbocycles. The van der Waals surface area contributed by atoms with Crippen molar-refractivity contribution in [3.8, 4) is 11.3 Å². The first-order valence-corrected chi connectivity index (χ1v) is 5.23. The van der Waals surface area contributed by atoms with Crippen LogP contribution in [-0.2, 0) is 0 Å². The van der Waals surface area contributed by atoms with Crippen molar-refractivity contribution in [1.29, 1.82) is 0 Å². The molecule has 2 rings (SSSR count). The van der Waals surface area contributed by atoms with E-state index in [1.54, 1.807) is 18.4 Å². The molecule has 0 fully saturated rings. The summed E-state index contributed by atoms with van der Waals surface area (Å²) in [5, 5.41) is 0. The topological polar surface area (TPSA) is 116 Å². The highest BCUT2D eigenvalue weighted by Crippen LogP contribution is 2.30. The predicted molar refractivity (Wildman–Crippen MR) is 71.2 cm³/mol. The molecule has 0 radical (unpaired) electrons. The average Bonchev–Trinajstić information content (AvgIpc) is 2.81. The van der Waals surface area contributed by atoms with Crippen molar-refractivity contribution in [2.75, 3.05) is 0 Å². The van der Waals surface area contributed by atoms with Crippen molar-refractivity contribution < 1.29 is 4.42 Å². The molecule has 0 saturated carbocycles. The summed E-state index contributed by atoms with van der Waals surface area (Å²) in [6, 6.07) is 11.0. The van der Waals surface area contributed by atoms with Gasteiger partial charge in [0.25, 0.3) is 0 Å². The Labute approximate surface area is 104 Å². The van der Waals surface area contributed by atoms with Crippen LogP contribution in [0.25, 0.3) is 11.3 Å². The lowest BCUT2D eigenvalue weighted by Crippen LogP contribution is -2.26. The summed E-state index contributed by atoms with van der Waals surface area (Å²) in [5.74, 6) is 0.563. The van der Waals surface area contributed by atoms with E-state index in [1.807, 2.05) is 24.3 Å². The Morgan fingerprint density at radius 3 is 2.44 bits per heavy atom. The highest BCUT2D eigenvalue weighted by Gasteiger charge is 2.06. The average molecular weight is 243 g/mol. The van der Waals surface area contributed by atoms with Gasteiger partial charge in [-0.3, -0.25) is 0 Å². The van der Waals surface area contributed by atoms with Crippen LogP contribution in [-0.4, -0.2) is 11.9 Å². The highest BCUT2D eigenvalue weighted by molar-refractivity contribution is 5.94. The largest absolute Gasteiger partial charge is 0.464 e. The van der Waals surface area contributed by atoms with Crippen LogP contribution in [0.15, 0.2) is 57.1 Å². The van der Waals surface area contributed by atoms with Gasteiger partial charge in [-0.1, -0.05) is 12.1 Å².